The fourth-order valence-corrected chi connectivity index (χ4v) is 1.82. The third kappa shape index (κ3) is 3.65. The number of nitrogens with one attached hydrogen (secondary N) is 1. The Hall–Kier alpha value is -0.800. The predicted octanol–water partition coefficient (Wildman–Crippen LogP) is 3.64. The second-order valence-electron chi connectivity index (χ2n) is 3.60. The van der Waals surface area contributed by atoms with Crippen molar-refractivity contribution in [2.24, 2.45) is 0 Å². The minimum Gasteiger partial charge on any atom is -0.496 e. The van der Waals surface area contributed by atoms with E-state index in [0.29, 0.717) is 6.04 Å². The summed E-state index contributed by atoms with van der Waals surface area (Å²) in [6.45, 7) is 6.73. The Balaban J connectivity index is 2.81. The number of halogens is 1. The van der Waals surface area contributed by atoms with E-state index in [9.17, 15) is 0 Å². The fourth-order valence-electron chi connectivity index (χ4n) is 1.66. The highest BCUT2D eigenvalue weighted by Crippen LogP contribution is 2.26. The molecule has 1 aromatic carbocycles. The largest absolute Gasteiger partial charge is 0.496 e. The van der Waals surface area contributed by atoms with Crippen molar-refractivity contribution in [3.63, 3.8) is 0 Å². The van der Waals surface area contributed by atoms with Crippen LogP contribution in [-0.4, -0.2) is 13.7 Å². The molecule has 0 aliphatic carbocycles. The van der Waals surface area contributed by atoms with Gasteiger partial charge in [0.05, 0.1) is 7.11 Å². The summed E-state index contributed by atoms with van der Waals surface area (Å²) in [5, 5.41) is 3.43. The first-order chi connectivity index (χ1) is 7.69. The number of hydrogen-bond donors (Lipinski definition) is 1. The molecule has 0 saturated heterocycles. The maximum absolute atomic E-state index is 5.36. The highest BCUT2D eigenvalue weighted by Gasteiger charge is 2.12. The smallest absolute Gasteiger partial charge is 0.123 e. The summed E-state index contributed by atoms with van der Waals surface area (Å²) in [5.74, 6) is 0.932. The van der Waals surface area contributed by atoms with Crippen molar-refractivity contribution in [3.05, 3.63) is 40.9 Å². The number of methoxy groups -OCH3 is 1. The molecule has 1 aromatic rings. The molecule has 0 amide bonds. The van der Waals surface area contributed by atoms with Gasteiger partial charge in [0.25, 0.3) is 0 Å². The summed E-state index contributed by atoms with van der Waals surface area (Å²) in [5.41, 5.74) is 1.20. The first kappa shape index (κ1) is 13.3. The first-order valence-corrected chi connectivity index (χ1v) is 6.18. The third-order valence-corrected chi connectivity index (χ3v) is 2.74. The minimum atomic E-state index is 0.297. The Morgan fingerprint density at radius 2 is 2.19 bits per heavy atom. The molecule has 1 unspecified atom stereocenters. The van der Waals surface area contributed by atoms with Crippen LogP contribution in [-0.2, 0) is 0 Å². The van der Waals surface area contributed by atoms with Crippen LogP contribution in [0.5, 0.6) is 5.75 Å². The molecule has 1 N–H and O–H groups in total. The Bertz CT molecular complexity index is 352. The van der Waals surface area contributed by atoms with Crippen LogP contribution in [0.1, 0.15) is 24.9 Å². The SMILES string of the molecule is C=C(Br)CNC(CC)c1ccccc1OC. The molecule has 0 spiro atoms. The van der Waals surface area contributed by atoms with Gasteiger partial charge in [0.15, 0.2) is 0 Å². The van der Waals surface area contributed by atoms with Crippen molar-refractivity contribution < 1.29 is 4.74 Å². The van der Waals surface area contributed by atoms with Crippen LogP contribution in [0.2, 0.25) is 0 Å². The van der Waals surface area contributed by atoms with Crippen molar-refractivity contribution in [2.75, 3.05) is 13.7 Å². The van der Waals surface area contributed by atoms with Crippen LogP contribution >= 0.6 is 15.9 Å². The van der Waals surface area contributed by atoms with E-state index in [2.05, 4.69) is 40.8 Å². The van der Waals surface area contributed by atoms with E-state index in [-0.39, 0.29) is 0 Å². The van der Waals surface area contributed by atoms with E-state index in [0.717, 1.165) is 23.2 Å². The molecule has 0 fully saturated rings. The number of para-hydroxylation sites is 1. The molecule has 0 saturated carbocycles. The van der Waals surface area contributed by atoms with Crippen molar-refractivity contribution in [1.82, 2.24) is 5.32 Å². The Morgan fingerprint density at radius 3 is 2.75 bits per heavy atom. The van der Waals surface area contributed by atoms with E-state index in [1.165, 1.54) is 5.56 Å². The molecule has 0 aliphatic rings. The van der Waals surface area contributed by atoms with Gasteiger partial charge in [-0.2, -0.15) is 0 Å². The molecular formula is C13H18BrNO. The van der Waals surface area contributed by atoms with Crippen LogP contribution in [0.15, 0.2) is 35.3 Å². The number of hydrogen-bond acceptors (Lipinski definition) is 2. The predicted molar refractivity (Wildman–Crippen MR) is 72.1 cm³/mol. The summed E-state index contributed by atoms with van der Waals surface area (Å²) in [7, 11) is 1.70. The van der Waals surface area contributed by atoms with Gasteiger partial charge in [-0.3, -0.25) is 0 Å². The molecule has 0 heterocycles. The molecule has 3 heteroatoms. The summed E-state index contributed by atoms with van der Waals surface area (Å²) in [4.78, 5) is 0. The summed E-state index contributed by atoms with van der Waals surface area (Å²) in [6.07, 6.45) is 1.01. The normalized spacial score (nSPS) is 12.2. The van der Waals surface area contributed by atoms with Crippen LogP contribution < -0.4 is 10.1 Å². The Morgan fingerprint density at radius 1 is 1.50 bits per heavy atom. The molecule has 16 heavy (non-hydrogen) atoms. The fraction of sp³-hybridized carbons (Fsp3) is 0.385. The van der Waals surface area contributed by atoms with E-state index < -0.39 is 0 Å². The highest BCUT2D eigenvalue weighted by atomic mass is 79.9. The van der Waals surface area contributed by atoms with E-state index in [1.54, 1.807) is 7.11 Å². The molecule has 1 atom stereocenters. The van der Waals surface area contributed by atoms with Crippen molar-refractivity contribution in [2.45, 2.75) is 19.4 Å². The average molecular weight is 284 g/mol. The van der Waals surface area contributed by atoms with Crippen molar-refractivity contribution in [1.29, 1.82) is 0 Å². The maximum Gasteiger partial charge on any atom is 0.123 e. The maximum atomic E-state index is 5.36. The van der Waals surface area contributed by atoms with Crippen molar-refractivity contribution >= 4 is 15.9 Å². The zero-order valence-electron chi connectivity index (χ0n) is 9.79. The van der Waals surface area contributed by atoms with Gasteiger partial charge in [-0.1, -0.05) is 47.6 Å². The van der Waals surface area contributed by atoms with Gasteiger partial charge in [-0.05, 0) is 12.5 Å². The summed E-state index contributed by atoms with van der Waals surface area (Å²) in [6, 6.07) is 8.40. The standard InChI is InChI=1S/C13H18BrNO/c1-4-12(15-9-10(2)14)11-7-5-6-8-13(11)16-3/h5-8,12,15H,2,4,9H2,1,3H3. The van der Waals surface area contributed by atoms with E-state index in [1.807, 2.05) is 18.2 Å². The van der Waals surface area contributed by atoms with Gasteiger partial charge in [-0.15, -0.1) is 0 Å². The molecule has 88 valence electrons. The molecule has 2 nitrogen and oxygen atoms in total. The third-order valence-electron chi connectivity index (χ3n) is 2.46. The van der Waals surface area contributed by atoms with Gasteiger partial charge in [-0.25, -0.2) is 0 Å². The highest BCUT2D eigenvalue weighted by molar-refractivity contribution is 9.11. The molecule has 1 rings (SSSR count). The number of rotatable bonds is 6. The van der Waals surface area contributed by atoms with Crippen LogP contribution in [0.3, 0.4) is 0 Å². The zero-order valence-corrected chi connectivity index (χ0v) is 11.4. The van der Waals surface area contributed by atoms with Crippen molar-refractivity contribution in [3.8, 4) is 5.75 Å². The Labute approximate surface area is 106 Å². The molecule has 0 radical (unpaired) electrons. The van der Waals surface area contributed by atoms with E-state index >= 15 is 0 Å². The van der Waals surface area contributed by atoms with Crippen LogP contribution in [0, 0.1) is 0 Å². The van der Waals surface area contributed by atoms with Crippen LogP contribution in [0.4, 0.5) is 0 Å². The second-order valence-corrected chi connectivity index (χ2v) is 4.72. The lowest BCUT2D eigenvalue weighted by atomic mass is 10.0. The van der Waals surface area contributed by atoms with Gasteiger partial charge in [0, 0.05) is 22.6 Å². The van der Waals surface area contributed by atoms with Gasteiger partial charge >= 0.3 is 0 Å². The van der Waals surface area contributed by atoms with Gasteiger partial charge < -0.3 is 10.1 Å². The minimum absolute atomic E-state index is 0.297. The molecular weight excluding hydrogens is 266 g/mol. The molecule has 0 aromatic heterocycles. The van der Waals surface area contributed by atoms with Crippen LogP contribution in [0.25, 0.3) is 0 Å². The lowest BCUT2D eigenvalue weighted by molar-refractivity contribution is 0.399. The quantitative estimate of drug-likeness (QED) is 0.861. The van der Waals surface area contributed by atoms with E-state index in [4.69, 9.17) is 4.74 Å². The topological polar surface area (TPSA) is 21.3 Å². The second kappa shape index (κ2) is 6.71. The monoisotopic (exact) mass is 283 g/mol. The van der Waals surface area contributed by atoms with Gasteiger partial charge in [0.1, 0.15) is 5.75 Å². The first-order valence-electron chi connectivity index (χ1n) is 5.38. The number of benzene rings is 1. The lowest BCUT2D eigenvalue weighted by Crippen LogP contribution is -2.22. The molecule has 0 aliphatic heterocycles. The molecule has 0 bridgehead atoms. The lowest BCUT2D eigenvalue weighted by Gasteiger charge is -2.19. The van der Waals surface area contributed by atoms with Gasteiger partial charge in [0.2, 0.25) is 0 Å². The zero-order chi connectivity index (χ0) is 12.0. The summed E-state index contributed by atoms with van der Waals surface area (Å²) < 4.78 is 6.32. The average Bonchev–Trinajstić information content (AvgIpc) is 2.30. The number of ether oxygens (including phenoxy) is 1. The Kier molecular flexibility index (Phi) is 5.56. The summed E-state index contributed by atoms with van der Waals surface area (Å²) >= 11 is 3.35.